The number of anilines is 2. The Morgan fingerprint density at radius 2 is 1.97 bits per heavy atom. The molecular weight excluding hydrogens is 405 g/mol. The molecule has 0 aliphatic carbocycles. The summed E-state index contributed by atoms with van der Waals surface area (Å²) in [6.07, 6.45) is 2.65. The minimum atomic E-state index is -0.491. The van der Waals surface area contributed by atoms with Gasteiger partial charge in [-0.25, -0.2) is 0 Å². The zero-order valence-electron chi connectivity index (χ0n) is 16.9. The lowest BCUT2D eigenvalue weighted by Crippen LogP contribution is -2.45. The average Bonchev–Trinajstić information content (AvgIpc) is 2.67. The fraction of sp³-hybridized carbons (Fsp3) is 0.304. The third-order valence-electron chi connectivity index (χ3n) is 5.51. The molecule has 6 heteroatoms. The molecule has 1 atom stereocenters. The van der Waals surface area contributed by atoms with Crippen molar-refractivity contribution in [2.75, 3.05) is 17.3 Å². The highest BCUT2D eigenvalue weighted by Gasteiger charge is 2.33. The molecule has 1 N–H and O–H groups in total. The van der Waals surface area contributed by atoms with Crippen molar-refractivity contribution in [3.05, 3.63) is 63.1 Å². The van der Waals surface area contributed by atoms with Gasteiger partial charge in [0.25, 0.3) is 5.91 Å². The minimum absolute atomic E-state index is 0.0215. The van der Waals surface area contributed by atoms with E-state index in [1.165, 1.54) is 11.3 Å². The van der Waals surface area contributed by atoms with Crippen molar-refractivity contribution < 1.29 is 4.79 Å². The largest absolute Gasteiger partial charge is 0.369 e. The van der Waals surface area contributed by atoms with Crippen LogP contribution in [0.1, 0.15) is 44.2 Å². The van der Waals surface area contributed by atoms with Crippen LogP contribution in [0.4, 0.5) is 11.4 Å². The molecule has 29 heavy (non-hydrogen) atoms. The van der Waals surface area contributed by atoms with E-state index in [-0.39, 0.29) is 11.1 Å². The van der Waals surface area contributed by atoms with Gasteiger partial charge in [-0.1, -0.05) is 36.2 Å². The van der Waals surface area contributed by atoms with E-state index in [0.29, 0.717) is 21.7 Å². The van der Waals surface area contributed by atoms with Gasteiger partial charge in [-0.2, -0.15) is 5.26 Å². The summed E-state index contributed by atoms with van der Waals surface area (Å²) in [6.45, 7) is 6.69. The summed E-state index contributed by atoms with van der Waals surface area (Å²) < 4.78 is 0. The first-order valence-corrected chi connectivity index (χ1v) is 10.1. The van der Waals surface area contributed by atoms with E-state index in [4.69, 9.17) is 23.2 Å². The zero-order valence-corrected chi connectivity index (χ0v) is 18.4. The SMILES string of the molecule is CC1CC(C)(C)N(C)c2ccc(/C=C(\C#N)C(=O)Nc3ccc(Cl)c(Cl)c3)cc21. The van der Waals surface area contributed by atoms with E-state index < -0.39 is 5.91 Å². The van der Waals surface area contributed by atoms with Gasteiger partial charge >= 0.3 is 0 Å². The highest BCUT2D eigenvalue weighted by Crippen LogP contribution is 2.42. The maximum absolute atomic E-state index is 12.5. The van der Waals surface area contributed by atoms with Crippen LogP contribution >= 0.6 is 23.2 Å². The third-order valence-corrected chi connectivity index (χ3v) is 6.25. The van der Waals surface area contributed by atoms with E-state index in [1.54, 1.807) is 24.3 Å². The average molecular weight is 428 g/mol. The number of rotatable bonds is 3. The predicted molar refractivity (Wildman–Crippen MR) is 121 cm³/mol. The van der Waals surface area contributed by atoms with E-state index >= 15 is 0 Å². The van der Waals surface area contributed by atoms with Crippen molar-refractivity contribution in [3.8, 4) is 6.07 Å². The van der Waals surface area contributed by atoms with Crippen LogP contribution < -0.4 is 10.2 Å². The summed E-state index contributed by atoms with van der Waals surface area (Å²) in [7, 11) is 2.10. The Kier molecular flexibility index (Phi) is 5.93. The van der Waals surface area contributed by atoms with Crippen LogP contribution in [0.2, 0.25) is 10.0 Å². The summed E-state index contributed by atoms with van der Waals surface area (Å²) >= 11 is 11.9. The molecule has 2 aromatic rings. The van der Waals surface area contributed by atoms with E-state index in [9.17, 15) is 10.1 Å². The van der Waals surface area contributed by atoms with Crippen LogP contribution in [0, 0.1) is 11.3 Å². The fourth-order valence-corrected chi connectivity index (χ4v) is 4.07. The molecule has 0 fully saturated rings. The van der Waals surface area contributed by atoms with Gasteiger partial charge in [0.05, 0.1) is 10.0 Å². The van der Waals surface area contributed by atoms with E-state index in [1.807, 2.05) is 12.1 Å². The number of benzene rings is 2. The molecular formula is C23H23Cl2N3O. The second kappa shape index (κ2) is 8.10. The molecule has 1 unspecified atom stereocenters. The van der Waals surface area contributed by atoms with Crippen LogP contribution in [-0.4, -0.2) is 18.5 Å². The first-order valence-electron chi connectivity index (χ1n) is 9.38. The molecule has 0 spiro atoms. The van der Waals surface area contributed by atoms with Crippen LogP contribution in [0.3, 0.4) is 0 Å². The number of hydrogen-bond acceptors (Lipinski definition) is 3. The number of carbonyl (C=O) groups is 1. The molecule has 1 heterocycles. The summed E-state index contributed by atoms with van der Waals surface area (Å²) in [4.78, 5) is 14.8. The maximum atomic E-state index is 12.5. The van der Waals surface area contributed by atoms with Crippen LogP contribution in [0.15, 0.2) is 42.0 Å². The monoisotopic (exact) mass is 427 g/mol. The molecule has 0 saturated carbocycles. The summed E-state index contributed by atoms with van der Waals surface area (Å²) in [5.41, 5.74) is 3.82. The lowest BCUT2D eigenvalue weighted by atomic mass is 9.80. The van der Waals surface area contributed by atoms with Gasteiger partial charge in [0, 0.05) is 24.0 Å². The number of amides is 1. The van der Waals surface area contributed by atoms with Crippen molar-refractivity contribution >= 4 is 46.6 Å². The van der Waals surface area contributed by atoms with Gasteiger partial charge in [-0.15, -0.1) is 0 Å². The lowest BCUT2D eigenvalue weighted by Gasteiger charge is -2.45. The number of fused-ring (bicyclic) bond motifs is 1. The van der Waals surface area contributed by atoms with Crippen LogP contribution in [-0.2, 0) is 4.79 Å². The molecule has 0 radical (unpaired) electrons. The first kappa shape index (κ1) is 21.2. The molecule has 1 aliphatic rings. The van der Waals surface area contributed by atoms with Crippen molar-refractivity contribution in [1.29, 1.82) is 5.26 Å². The van der Waals surface area contributed by atoms with Crippen molar-refractivity contribution in [2.24, 2.45) is 0 Å². The number of carbonyl (C=O) groups excluding carboxylic acids is 1. The van der Waals surface area contributed by atoms with Crippen molar-refractivity contribution in [3.63, 3.8) is 0 Å². The molecule has 4 nitrogen and oxygen atoms in total. The normalized spacial score (nSPS) is 18.0. The molecule has 3 rings (SSSR count). The fourth-order valence-electron chi connectivity index (χ4n) is 3.77. The molecule has 0 aromatic heterocycles. The molecule has 0 saturated heterocycles. The molecule has 2 aromatic carbocycles. The molecule has 0 bridgehead atoms. The molecule has 150 valence electrons. The number of hydrogen-bond donors (Lipinski definition) is 1. The van der Waals surface area contributed by atoms with E-state index in [0.717, 1.165) is 12.0 Å². The Morgan fingerprint density at radius 3 is 2.62 bits per heavy atom. The number of halogens is 2. The van der Waals surface area contributed by atoms with Gasteiger partial charge in [-0.3, -0.25) is 4.79 Å². The Balaban J connectivity index is 1.88. The second-order valence-corrected chi connectivity index (χ2v) is 8.86. The molecule has 1 aliphatic heterocycles. The van der Waals surface area contributed by atoms with Crippen LogP contribution in [0.5, 0.6) is 0 Å². The van der Waals surface area contributed by atoms with Crippen molar-refractivity contribution in [1.82, 2.24) is 0 Å². The molecule has 1 amide bonds. The summed E-state index contributed by atoms with van der Waals surface area (Å²) in [6, 6.07) is 12.8. The standard InChI is InChI=1S/C23H23Cl2N3O/c1-14-12-23(2,3)28(4)21-8-5-15(10-18(14)21)9-16(13-26)22(29)27-17-6-7-19(24)20(25)11-17/h5-11,14H,12H2,1-4H3,(H,27,29)/b16-9+. The third kappa shape index (κ3) is 4.42. The van der Waals surface area contributed by atoms with Gasteiger partial charge < -0.3 is 10.2 Å². The maximum Gasteiger partial charge on any atom is 0.266 e. The Hall–Kier alpha value is -2.48. The zero-order chi connectivity index (χ0) is 21.3. The smallest absolute Gasteiger partial charge is 0.266 e. The summed E-state index contributed by atoms with van der Waals surface area (Å²) in [5.74, 6) is -0.102. The topological polar surface area (TPSA) is 56.1 Å². The van der Waals surface area contributed by atoms with E-state index in [2.05, 4.69) is 50.2 Å². The van der Waals surface area contributed by atoms with Crippen LogP contribution in [0.25, 0.3) is 6.08 Å². The Bertz CT molecular complexity index is 1040. The lowest BCUT2D eigenvalue weighted by molar-refractivity contribution is -0.112. The van der Waals surface area contributed by atoms with Crippen molar-refractivity contribution in [2.45, 2.75) is 38.6 Å². The Labute approximate surface area is 181 Å². The predicted octanol–water partition coefficient (Wildman–Crippen LogP) is 6.26. The highest BCUT2D eigenvalue weighted by atomic mass is 35.5. The first-order chi connectivity index (χ1) is 13.6. The van der Waals surface area contributed by atoms with Gasteiger partial charge in [0.1, 0.15) is 11.6 Å². The minimum Gasteiger partial charge on any atom is -0.369 e. The van der Waals surface area contributed by atoms with Gasteiger partial charge in [-0.05, 0) is 73.7 Å². The van der Waals surface area contributed by atoms with Gasteiger partial charge in [0.15, 0.2) is 0 Å². The number of nitriles is 1. The number of nitrogens with one attached hydrogen (secondary N) is 1. The quantitative estimate of drug-likeness (QED) is 0.464. The summed E-state index contributed by atoms with van der Waals surface area (Å²) in [5, 5.41) is 12.9. The number of nitrogens with zero attached hydrogens (tertiary/aromatic N) is 2. The highest BCUT2D eigenvalue weighted by molar-refractivity contribution is 6.42. The van der Waals surface area contributed by atoms with Gasteiger partial charge in [0.2, 0.25) is 0 Å². The Morgan fingerprint density at radius 1 is 1.24 bits per heavy atom. The second-order valence-electron chi connectivity index (χ2n) is 8.05.